The highest BCUT2D eigenvalue weighted by molar-refractivity contribution is 7.99. The Hall–Kier alpha value is -1.08. The van der Waals surface area contributed by atoms with Crippen molar-refractivity contribution in [2.24, 2.45) is 5.73 Å². The van der Waals surface area contributed by atoms with E-state index in [0.717, 1.165) is 30.6 Å². The molecule has 2 N–H and O–H groups in total. The van der Waals surface area contributed by atoms with Crippen LogP contribution in [0.25, 0.3) is 0 Å². The Morgan fingerprint density at radius 3 is 2.54 bits per heavy atom. The molecule has 2 atom stereocenters. The van der Waals surface area contributed by atoms with Gasteiger partial charge in [-0.05, 0) is 37.8 Å². The molecule has 3 heterocycles. The standard InChI is InChI=1S/C16H17Cl2N5S/c17-12-2-1-3-13(15(12)18)24-14-8-20-16(22-21-14)23-10-4-5-11(23)7-9(19)6-10/h1-3,8-11H,4-7,19H2. The molecule has 0 amide bonds. The van der Waals surface area contributed by atoms with Crippen molar-refractivity contribution in [3.8, 4) is 0 Å². The number of anilines is 1. The van der Waals surface area contributed by atoms with Crippen LogP contribution in [-0.4, -0.2) is 33.3 Å². The van der Waals surface area contributed by atoms with Gasteiger partial charge < -0.3 is 10.6 Å². The fraction of sp³-hybridized carbons (Fsp3) is 0.438. The second-order valence-electron chi connectivity index (χ2n) is 6.27. The minimum absolute atomic E-state index is 0.298. The fourth-order valence-corrected chi connectivity index (χ4v) is 4.88. The predicted octanol–water partition coefficient (Wildman–Crippen LogP) is 3.79. The van der Waals surface area contributed by atoms with E-state index in [1.165, 1.54) is 11.8 Å². The summed E-state index contributed by atoms with van der Waals surface area (Å²) < 4.78 is 0. The highest BCUT2D eigenvalue weighted by atomic mass is 35.5. The van der Waals surface area contributed by atoms with Crippen LogP contribution >= 0.6 is 35.0 Å². The quantitative estimate of drug-likeness (QED) is 0.871. The highest BCUT2D eigenvalue weighted by Crippen LogP contribution is 2.38. The van der Waals surface area contributed by atoms with Gasteiger partial charge in [-0.15, -0.1) is 10.2 Å². The normalized spacial score (nSPS) is 26.0. The van der Waals surface area contributed by atoms with E-state index in [-0.39, 0.29) is 0 Å². The smallest absolute Gasteiger partial charge is 0.245 e. The summed E-state index contributed by atoms with van der Waals surface area (Å²) in [4.78, 5) is 7.68. The van der Waals surface area contributed by atoms with Gasteiger partial charge in [0, 0.05) is 23.0 Å². The van der Waals surface area contributed by atoms with E-state index in [2.05, 4.69) is 20.1 Å². The van der Waals surface area contributed by atoms with Crippen LogP contribution in [0.2, 0.25) is 10.0 Å². The molecule has 0 saturated carbocycles. The van der Waals surface area contributed by atoms with Crippen LogP contribution in [0.4, 0.5) is 5.95 Å². The molecule has 0 radical (unpaired) electrons. The van der Waals surface area contributed by atoms with Crippen LogP contribution in [-0.2, 0) is 0 Å². The van der Waals surface area contributed by atoms with E-state index in [0.29, 0.717) is 39.1 Å². The lowest BCUT2D eigenvalue weighted by molar-refractivity contribution is 0.407. The molecule has 2 bridgehead atoms. The molecule has 126 valence electrons. The van der Waals surface area contributed by atoms with Crippen LogP contribution in [0.3, 0.4) is 0 Å². The van der Waals surface area contributed by atoms with E-state index in [1.54, 1.807) is 12.3 Å². The first-order valence-corrected chi connectivity index (χ1v) is 9.54. The number of piperidine rings is 1. The van der Waals surface area contributed by atoms with Crippen molar-refractivity contribution < 1.29 is 0 Å². The maximum atomic E-state index is 6.21. The SMILES string of the molecule is NC1CC2CCC(C1)N2c1ncc(Sc2cccc(Cl)c2Cl)nn1. The second-order valence-corrected chi connectivity index (χ2v) is 8.12. The molecule has 2 saturated heterocycles. The van der Waals surface area contributed by atoms with Gasteiger partial charge in [0.1, 0.15) is 5.03 Å². The van der Waals surface area contributed by atoms with Crippen LogP contribution in [0.1, 0.15) is 25.7 Å². The molecule has 4 rings (SSSR count). The van der Waals surface area contributed by atoms with Gasteiger partial charge in [0.2, 0.25) is 5.95 Å². The predicted molar refractivity (Wildman–Crippen MR) is 96.9 cm³/mol. The number of fused-ring (bicyclic) bond motifs is 2. The van der Waals surface area contributed by atoms with Crippen molar-refractivity contribution in [1.29, 1.82) is 0 Å². The van der Waals surface area contributed by atoms with E-state index in [1.807, 2.05) is 12.1 Å². The van der Waals surface area contributed by atoms with Crippen LogP contribution in [0, 0.1) is 0 Å². The summed E-state index contributed by atoms with van der Waals surface area (Å²) in [7, 11) is 0. The number of hydrogen-bond acceptors (Lipinski definition) is 6. The minimum Gasteiger partial charge on any atom is -0.333 e. The molecule has 2 aromatic rings. The number of hydrogen-bond donors (Lipinski definition) is 1. The van der Waals surface area contributed by atoms with Crippen molar-refractivity contribution in [1.82, 2.24) is 15.2 Å². The van der Waals surface area contributed by atoms with Gasteiger partial charge in [-0.2, -0.15) is 0 Å². The summed E-state index contributed by atoms with van der Waals surface area (Å²) in [5, 5.41) is 10.4. The molecular formula is C16H17Cl2N5S. The first kappa shape index (κ1) is 16.4. The van der Waals surface area contributed by atoms with Crippen molar-refractivity contribution >= 4 is 40.9 Å². The van der Waals surface area contributed by atoms with Gasteiger partial charge in [0.25, 0.3) is 0 Å². The summed E-state index contributed by atoms with van der Waals surface area (Å²) in [6, 6.07) is 6.72. The summed E-state index contributed by atoms with van der Waals surface area (Å²) in [6.07, 6.45) is 6.09. The number of nitrogens with two attached hydrogens (primary N) is 1. The molecule has 0 aliphatic carbocycles. The second kappa shape index (κ2) is 6.67. The first-order valence-electron chi connectivity index (χ1n) is 7.97. The highest BCUT2D eigenvalue weighted by Gasteiger charge is 2.41. The number of rotatable bonds is 3. The Kier molecular flexibility index (Phi) is 4.56. The summed E-state index contributed by atoms with van der Waals surface area (Å²) in [5.74, 6) is 0.705. The number of aromatic nitrogens is 3. The van der Waals surface area contributed by atoms with Gasteiger partial charge in [0.15, 0.2) is 0 Å². The fourth-order valence-electron chi connectivity index (χ4n) is 3.64. The van der Waals surface area contributed by atoms with Crippen molar-refractivity contribution in [3.63, 3.8) is 0 Å². The zero-order valence-electron chi connectivity index (χ0n) is 12.9. The van der Waals surface area contributed by atoms with Crippen LogP contribution in [0.5, 0.6) is 0 Å². The van der Waals surface area contributed by atoms with Crippen molar-refractivity contribution in [2.75, 3.05) is 4.90 Å². The lowest BCUT2D eigenvalue weighted by atomic mass is 9.99. The molecule has 1 aromatic heterocycles. The Morgan fingerprint density at radius 2 is 1.88 bits per heavy atom. The zero-order chi connectivity index (χ0) is 16.7. The molecule has 1 aromatic carbocycles. The molecule has 0 spiro atoms. The molecule has 8 heteroatoms. The molecular weight excluding hydrogens is 365 g/mol. The molecule has 2 fully saturated rings. The summed E-state index contributed by atoms with van der Waals surface area (Å²) >= 11 is 13.7. The lowest BCUT2D eigenvalue weighted by Crippen LogP contribution is -2.48. The maximum Gasteiger partial charge on any atom is 0.245 e. The molecule has 2 aliphatic heterocycles. The maximum absolute atomic E-state index is 6.21. The van der Waals surface area contributed by atoms with E-state index < -0.39 is 0 Å². The minimum atomic E-state index is 0.298. The van der Waals surface area contributed by atoms with Gasteiger partial charge in [-0.3, -0.25) is 0 Å². The van der Waals surface area contributed by atoms with E-state index in [4.69, 9.17) is 28.9 Å². The largest absolute Gasteiger partial charge is 0.333 e. The molecule has 2 aliphatic rings. The zero-order valence-corrected chi connectivity index (χ0v) is 15.2. The van der Waals surface area contributed by atoms with Crippen LogP contribution < -0.4 is 10.6 Å². The van der Waals surface area contributed by atoms with Crippen molar-refractivity contribution in [3.05, 3.63) is 34.4 Å². The summed E-state index contributed by atoms with van der Waals surface area (Å²) in [6.45, 7) is 0. The third-order valence-corrected chi connectivity index (χ3v) is 6.55. The number of benzene rings is 1. The average molecular weight is 382 g/mol. The molecule has 2 unspecified atom stereocenters. The topological polar surface area (TPSA) is 67.9 Å². The summed E-state index contributed by atoms with van der Waals surface area (Å²) in [5.41, 5.74) is 6.12. The third-order valence-electron chi connectivity index (χ3n) is 4.66. The van der Waals surface area contributed by atoms with Gasteiger partial charge in [-0.25, -0.2) is 4.98 Å². The Labute approximate surface area is 154 Å². The molecule has 24 heavy (non-hydrogen) atoms. The number of halogens is 2. The Balaban J connectivity index is 1.52. The molecule has 5 nitrogen and oxygen atoms in total. The van der Waals surface area contributed by atoms with E-state index >= 15 is 0 Å². The van der Waals surface area contributed by atoms with Crippen LogP contribution in [0.15, 0.2) is 34.3 Å². The lowest BCUT2D eigenvalue weighted by Gasteiger charge is -2.37. The van der Waals surface area contributed by atoms with Crippen molar-refractivity contribution in [2.45, 2.75) is 53.7 Å². The Bertz CT molecular complexity index is 728. The van der Waals surface area contributed by atoms with Gasteiger partial charge >= 0.3 is 0 Å². The average Bonchev–Trinajstić information content (AvgIpc) is 2.84. The van der Waals surface area contributed by atoms with Gasteiger partial charge in [-0.1, -0.05) is 41.0 Å². The number of nitrogens with zero attached hydrogens (tertiary/aromatic N) is 4. The monoisotopic (exact) mass is 381 g/mol. The Morgan fingerprint density at radius 1 is 1.12 bits per heavy atom. The third kappa shape index (κ3) is 3.08. The van der Waals surface area contributed by atoms with E-state index in [9.17, 15) is 0 Å². The van der Waals surface area contributed by atoms with Gasteiger partial charge in [0.05, 0.1) is 16.2 Å². The first-order chi connectivity index (χ1) is 11.6.